The summed E-state index contributed by atoms with van der Waals surface area (Å²) in [6.07, 6.45) is 12.1. The van der Waals surface area contributed by atoms with E-state index in [0.29, 0.717) is 5.92 Å². The van der Waals surface area contributed by atoms with E-state index < -0.39 is 0 Å². The van der Waals surface area contributed by atoms with Gasteiger partial charge in [-0.1, -0.05) is 6.08 Å². The van der Waals surface area contributed by atoms with Gasteiger partial charge in [-0.3, -0.25) is 4.98 Å². The van der Waals surface area contributed by atoms with Gasteiger partial charge in [-0.15, -0.1) is 5.73 Å². The summed E-state index contributed by atoms with van der Waals surface area (Å²) in [4.78, 5) is 4.32. The van der Waals surface area contributed by atoms with Crippen LogP contribution in [-0.2, 0) is 0 Å². The molecule has 1 aliphatic heterocycles. The Labute approximate surface area is 94.7 Å². The van der Waals surface area contributed by atoms with Crippen molar-refractivity contribution in [2.45, 2.75) is 12.8 Å². The molecule has 2 heterocycles. The standard InChI is InChI=1S/C14H12N2/c1-10-14-13(7-8-15-10)11-5-3-2-4-6-12(9-11)16-14/h2,4-9,11,16H,1H3. The summed E-state index contributed by atoms with van der Waals surface area (Å²) in [5, 5.41) is 3.41. The van der Waals surface area contributed by atoms with E-state index in [0.717, 1.165) is 17.1 Å². The van der Waals surface area contributed by atoms with E-state index in [9.17, 15) is 0 Å². The number of anilines is 1. The molecule has 0 radical (unpaired) electrons. The van der Waals surface area contributed by atoms with E-state index in [4.69, 9.17) is 0 Å². The molecule has 2 heteroatoms. The molecule has 78 valence electrons. The van der Waals surface area contributed by atoms with Gasteiger partial charge < -0.3 is 5.32 Å². The van der Waals surface area contributed by atoms with Gasteiger partial charge in [0.15, 0.2) is 0 Å². The van der Waals surface area contributed by atoms with Crippen LogP contribution in [0, 0.1) is 6.92 Å². The lowest BCUT2D eigenvalue weighted by molar-refractivity contribution is 1.01. The second-order valence-corrected chi connectivity index (χ2v) is 3.99. The van der Waals surface area contributed by atoms with Gasteiger partial charge in [0.1, 0.15) is 0 Å². The van der Waals surface area contributed by atoms with Crippen molar-refractivity contribution in [1.29, 1.82) is 0 Å². The topological polar surface area (TPSA) is 24.9 Å². The highest BCUT2D eigenvalue weighted by Gasteiger charge is 2.19. The summed E-state index contributed by atoms with van der Waals surface area (Å²) in [6.45, 7) is 2.03. The third-order valence-corrected chi connectivity index (χ3v) is 2.90. The Bertz CT molecular complexity index is 558. The number of pyridine rings is 1. The molecular weight excluding hydrogens is 196 g/mol. The molecule has 1 unspecified atom stereocenters. The van der Waals surface area contributed by atoms with E-state index in [1.807, 2.05) is 25.3 Å². The summed E-state index contributed by atoms with van der Waals surface area (Å²) >= 11 is 0. The van der Waals surface area contributed by atoms with Gasteiger partial charge in [-0.05, 0) is 42.9 Å². The van der Waals surface area contributed by atoms with E-state index >= 15 is 0 Å². The van der Waals surface area contributed by atoms with Crippen LogP contribution in [0.2, 0.25) is 0 Å². The molecule has 2 nitrogen and oxygen atoms in total. The number of rotatable bonds is 0. The molecule has 16 heavy (non-hydrogen) atoms. The lowest BCUT2D eigenvalue weighted by Crippen LogP contribution is -2.12. The molecule has 0 saturated heterocycles. The van der Waals surface area contributed by atoms with Crippen molar-refractivity contribution in [1.82, 2.24) is 4.98 Å². The van der Waals surface area contributed by atoms with Crippen molar-refractivity contribution in [3.63, 3.8) is 0 Å². The molecule has 1 atom stereocenters. The molecule has 0 aromatic carbocycles. The molecule has 2 bridgehead atoms. The van der Waals surface area contributed by atoms with Gasteiger partial charge in [0.25, 0.3) is 0 Å². The molecule has 0 spiro atoms. The number of nitrogens with zero attached hydrogens (tertiary/aromatic N) is 1. The summed E-state index contributed by atoms with van der Waals surface area (Å²) < 4.78 is 0. The summed E-state index contributed by atoms with van der Waals surface area (Å²) in [6, 6.07) is 2.07. The molecule has 0 amide bonds. The van der Waals surface area contributed by atoms with E-state index in [2.05, 4.69) is 40.3 Å². The summed E-state index contributed by atoms with van der Waals surface area (Å²) in [5.74, 6) is 0.300. The second kappa shape index (κ2) is 3.51. The van der Waals surface area contributed by atoms with Crippen LogP contribution in [0.1, 0.15) is 17.2 Å². The predicted molar refractivity (Wildman–Crippen MR) is 65.2 cm³/mol. The first kappa shape index (κ1) is 9.20. The Morgan fingerprint density at radius 1 is 1.44 bits per heavy atom. The monoisotopic (exact) mass is 208 g/mol. The second-order valence-electron chi connectivity index (χ2n) is 3.99. The fourth-order valence-electron chi connectivity index (χ4n) is 2.10. The van der Waals surface area contributed by atoms with Crippen LogP contribution in [0.15, 0.2) is 54.1 Å². The molecule has 1 aliphatic carbocycles. The number of hydrogen-bond donors (Lipinski definition) is 1. The van der Waals surface area contributed by atoms with Gasteiger partial charge >= 0.3 is 0 Å². The maximum absolute atomic E-state index is 4.32. The largest absolute Gasteiger partial charge is 0.354 e. The number of hydrogen-bond acceptors (Lipinski definition) is 2. The zero-order chi connectivity index (χ0) is 11.0. The first-order valence-electron chi connectivity index (χ1n) is 5.38. The van der Waals surface area contributed by atoms with Crippen LogP contribution in [0.3, 0.4) is 0 Å². The fraction of sp³-hybridized carbons (Fsp3) is 0.143. The maximum Gasteiger partial charge on any atom is 0.0642 e. The van der Waals surface area contributed by atoms with Crippen molar-refractivity contribution >= 4 is 5.69 Å². The van der Waals surface area contributed by atoms with Crippen LogP contribution in [0.25, 0.3) is 0 Å². The van der Waals surface area contributed by atoms with E-state index in [1.54, 1.807) is 0 Å². The summed E-state index contributed by atoms with van der Waals surface area (Å²) in [5.41, 5.74) is 7.75. The van der Waals surface area contributed by atoms with Gasteiger partial charge in [-0.2, -0.15) is 0 Å². The van der Waals surface area contributed by atoms with E-state index in [-0.39, 0.29) is 0 Å². The third-order valence-electron chi connectivity index (χ3n) is 2.90. The highest BCUT2D eigenvalue weighted by Crippen LogP contribution is 2.34. The minimum absolute atomic E-state index is 0.300. The van der Waals surface area contributed by atoms with Crippen LogP contribution >= 0.6 is 0 Å². The quantitative estimate of drug-likeness (QED) is 0.663. The van der Waals surface area contributed by atoms with Crippen molar-refractivity contribution in [2.75, 3.05) is 5.32 Å². The Morgan fingerprint density at radius 3 is 3.31 bits per heavy atom. The third kappa shape index (κ3) is 1.40. The zero-order valence-corrected chi connectivity index (χ0v) is 9.07. The van der Waals surface area contributed by atoms with Gasteiger partial charge in [0.2, 0.25) is 0 Å². The van der Waals surface area contributed by atoms with Crippen molar-refractivity contribution < 1.29 is 0 Å². The molecule has 3 rings (SSSR count). The molecule has 1 aromatic heterocycles. The number of nitrogens with one attached hydrogen (secondary N) is 1. The van der Waals surface area contributed by atoms with E-state index in [1.165, 1.54) is 5.56 Å². The molecule has 2 aliphatic rings. The minimum Gasteiger partial charge on any atom is -0.354 e. The Balaban J connectivity index is 2.21. The first-order valence-corrected chi connectivity index (χ1v) is 5.38. The molecular formula is C14H12N2. The number of fused-ring (bicyclic) bond motifs is 3. The molecule has 0 fully saturated rings. The fourth-order valence-corrected chi connectivity index (χ4v) is 2.10. The van der Waals surface area contributed by atoms with Crippen molar-refractivity contribution in [3.8, 4) is 0 Å². The number of aromatic nitrogens is 1. The van der Waals surface area contributed by atoms with Crippen LogP contribution < -0.4 is 5.32 Å². The SMILES string of the molecule is Cc1nccc2c1NC1=CC2C=C=CC=C1. The Morgan fingerprint density at radius 2 is 2.38 bits per heavy atom. The van der Waals surface area contributed by atoms with Crippen molar-refractivity contribution in [2.24, 2.45) is 0 Å². The number of allylic oxidation sites excluding steroid dienone is 4. The Kier molecular flexibility index (Phi) is 2.02. The Hall–Kier alpha value is -2.05. The van der Waals surface area contributed by atoms with Gasteiger partial charge in [-0.25, -0.2) is 0 Å². The highest BCUT2D eigenvalue weighted by atomic mass is 14.9. The van der Waals surface area contributed by atoms with Gasteiger partial charge in [0.05, 0.1) is 11.4 Å². The zero-order valence-electron chi connectivity index (χ0n) is 9.07. The first-order chi connectivity index (χ1) is 7.84. The number of aryl methyl sites for hydroxylation is 1. The van der Waals surface area contributed by atoms with Crippen LogP contribution in [-0.4, -0.2) is 4.98 Å². The van der Waals surface area contributed by atoms with Crippen molar-refractivity contribution in [3.05, 3.63) is 65.3 Å². The highest BCUT2D eigenvalue weighted by molar-refractivity contribution is 5.66. The lowest BCUT2D eigenvalue weighted by atomic mass is 9.92. The normalized spacial score (nSPS) is 20.6. The summed E-state index contributed by atoms with van der Waals surface area (Å²) in [7, 11) is 0. The molecule has 0 saturated carbocycles. The smallest absolute Gasteiger partial charge is 0.0642 e. The predicted octanol–water partition coefficient (Wildman–Crippen LogP) is 3.06. The minimum atomic E-state index is 0.300. The average molecular weight is 208 g/mol. The maximum atomic E-state index is 4.32. The molecule has 1 aromatic rings. The molecule has 1 N–H and O–H groups in total. The van der Waals surface area contributed by atoms with Crippen LogP contribution in [0.4, 0.5) is 5.69 Å². The van der Waals surface area contributed by atoms with Crippen LogP contribution in [0.5, 0.6) is 0 Å². The average Bonchev–Trinajstić information content (AvgIpc) is 2.26. The lowest BCUT2D eigenvalue weighted by Gasteiger charge is -2.24. The van der Waals surface area contributed by atoms with Gasteiger partial charge in [0, 0.05) is 17.8 Å².